The summed E-state index contributed by atoms with van der Waals surface area (Å²) in [6, 6.07) is 1.44. The van der Waals surface area contributed by atoms with Crippen LogP contribution >= 0.6 is 11.3 Å². The summed E-state index contributed by atoms with van der Waals surface area (Å²) in [5.74, 6) is 0. The number of methoxy groups -OCH3 is 1. The van der Waals surface area contributed by atoms with Crippen LogP contribution in [0.3, 0.4) is 0 Å². The molecule has 0 saturated heterocycles. The minimum Gasteiger partial charge on any atom is -0.391 e. The first-order valence-electron chi connectivity index (χ1n) is 6.16. The highest BCUT2D eigenvalue weighted by Crippen LogP contribution is 2.24. The highest BCUT2D eigenvalue weighted by molar-refractivity contribution is 7.89. The quantitative estimate of drug-likeness (QED) is 0.793. The van der Waals surface area contributed by atoms with E-state index in [2.05, 4.69) is 0 Å². The number of nitrogens with zero attached hydrogens (tertiary/aromatic N) is 1. The molecule has 19 heavy (non-hydrogen) atoms. The van der Waals surface area contributed by atoms with Crippen LogP contribution in [0, 0.1) is 0 Å². The van der Waals surface area contributed by atoms with Crippen molar-refractivity contribution in [2.75, 3.05) is 20.3 Å². The lowest BCUT2D eigenvalue weighted by Crippen LogP contribution is -2.40. The van der Waals surface area contributed by atoms with E-state index in [0.29, 0.717) is 18.0 Å². The van der Waals surface area contributed by atoms with E-state index in [1.807, 2.05) is 13.8 Å². The number of aliphatic hydroxyl groups is 1. The topological polar surface area (TPSA) is 66.8 Å². The Kier molecular flexibility index (Phi) is 6.41. The molecule has 1 heterocycles. The van der Waals surface area contributed by atoms with Crippen LogP contribution in [0.4, 0.5) is 0 Å². The Labute approximate surface area is 118 Å². The van der Waals surface area contributed by atoms with E-state index in [1.54, 1.807) is 12.5 Å². The van der Waals surface area contributed by atoms with Gasteiger partial charge in [-0.3, -0.25) is 0 Å². The highest BCUT2D eigenvalue weighted by Gasteiger charge is 2.28. The van der Waals surface area contributed by atoms with Crippen molar-refractivity contribution < 1.29 is 18.3 Å². The molecule has 0 aliphatic rings. The van der Waals surface area contributed by atoms with Crippen LogP contribution in [0.1, 0.15) is 25.1 Å². The molecule has 0 spiro atoms. The first-order chi connectivity index (χ1) is 8.97. The van der Waals surface area contributed by atoms with Gasteiger partial charge in [0.15, 0.2) is 0 Å². The van der Waals surface area contributed by atoms with E-state index in [9.17, 15) is 8.42 Å². The molecule has 0 bridgehead atoms. The highest BCUT2D eigenvalue weighted by atomic mass is 32.2. The number of ether oxygens (including phenoxy) is 1. The summed E-state index contributed by atoms with van der Waals surface area (Å²) in [6.07, 6.45) is 0.736. The largest absolute Gasteiger partial charge is 0.391 e. The maximum atomic E-state index is 12.6. The van der Waals surface area contributed by atoms with Gasteiger partial charge in [-0.15, -0.1) is 11.3 Å². The summed E-state index contributed by atoms with van der Waals surface area (Å²) in [6.45, 7) is 4.39. The van der Waals surface area contributed by atoms with E-state index in [0.717, 1.165) is 6.42 Å². The first-order valence-corrected chi connectivity index (χ1v) is 8.48. The molecule has 5 nitrogen and oxygen atoms in total. The molecule has 1 aromatic heterocycles. The Morgan fingerprint density at radius 3 is 2.68 bits per heavy atom. The van der Waals surface area contributed by atoms with E-state index in [4.69, 9.17) is 9.84 Å². The number of hydrogen-bond donors (Lipinski definition) is 1. The van der Waals surface area contributed by atoms with Gasteiger partial charge in [0.1, 0.15) is 0 Å². The van der Waals surface area contributed by atoms with Crippen molar-refractivity contribution in [1.82, 2.24) is 4.31 Å². The van der Waals surface area contributed by atoms with Gasteiger partial charge >= 0.3 is 0 Å². The fourth-order valence-electron chi connectivity index (χ4n) is 1.68. The minimum atomic E-state index is -3.52. The molecule has 0 radical (unpaired) electrons. The average molecular weight is 307 g/mol. The van der Waals surface area contributed by atoms with Crippen molar-refractivity contribution in [3.05, 3.63) is 16.3 Å². The summed E-state index contributed by atoms with van der Waals surface area (Å²) in [4.78, 5) is 0.896. The molecule has 0 aliphatic heterocycles. The van der Waals surface area contributed by atoms with Gasteiger partial charge in [-0.1, -0.05) is 6.92 Å². The normalized spacial score (nSPS) is 13.9. The van der Waals surface area contributed by atoms with Crippen LogP contribution in [-0.4, -0.2) is 44.1 Å². The standard InChI is InChI=1S/C12H21NO4S2/c1-4-10(2)13(5-6-17-3)19(15,16)12-7-11(8-14)18-9-12/h7,9-10,14H,4-6,8H2,1-3H3. The van der Waals surface area contributed by atoms with Crippen molar-refractivity contribution in [3.63, 3.8) is 0 Å². The lowest BCUT2D eigenvalue weighted by molar-refractivity contribution is 0.167. The van der Waals surface area contributed by atoms with E-state index < -0.39 is 10.0 Å². The van der Waals surface area contributed by atoms with E-state index in [1.165, 1.54) is 21.7 Å². The van der Waals surface area contributed by atoms with Crippen molar-refractivity contribution in [2.24, 2.45) is 0 Å². The van der Waals surface area contributed by atoms with Gasteiger partial charge in [0.05, 0.1) is 18.1 Å². The molecule has 110 valence electrons. The summed E-state index contributed by atoms with van der Waals surface area (Å²) >= 11 is 1.25. The van der Waals surface area contributed by atoms with E-state index in [-0.39, 0.29) is 17.5 Å². The maximum absolute atomic E-state index is 12.6. The minimum absolute atomic E-state index is 0.0855. The second-order valence-corrected chi connectivity index (χ2v) is 7.16. The number of sulfonamides is 1. The van der Waals surface area contributed by atoms with Crippen LogP contribution in [0.2, 0.25) is 0 Å². The zero-order valence-corrected chi connectivity index (χ0v) is 13.1. The molecule has 1 rings (SSSR count). The second-order valence-electron chi connectivity index (χ2n) is 4.27. The van der Waals surface area contributed by atoms with Crippen LogP contribution in [0.25, 0.3) is 0 Å². The average Bonchev–Trinajstić information content (AvgIpc) is 2.88. The molecule has 0 fully saturated rings. The van der Waals surface area contributed by atoms with Gasteiger partial charge < -0.3 is 9.84 Å². The van der Waals surface area contributed by atoms with Crippen LogP contribution in [0.15, 0.2) is 16.3 Å². The molecule has 0 saturated carbocycles. The lowest BCUT2D eigenvalue weighted by atomic mass is 10.3. The molecule has 1 aromatic rings. The molecular formula is C12H21NO4S2. The van der Waals surface area contributed by atoms with Crippen LogP contribution in [-0.2, 0) is 21.4 Å². The van der Waals surface area contributed by atoms with Gasteiger partial charge in [0, 0.05) is 30.0 Å². The Balaban J connectivity index is 3.04. The smallest absolute Gasteiger partial charge is 0.244 e. The Hall–Kier alpha value is -0.470. The summed E-state index contributed by atoms with van der Waals surface area (Å²) in [5, 5.41) is 10.6. The second kappa shape index (κ2) is 7.35. The predicted molar refractivity (Wildman–Crippen MR) is 75.8 cm³/mol. The Bertz CT molecular complexity index is 484. The van der Waals surface area contributed by atoms with Gasteiger partial charge in [-0.25, -0.2) is 8.42 Å². The first kappa shape index (κ1) is 16.6. The van der Waals surface area contributed by atoms with Gasteiger partial charge in [-0.05, 0) is 19.4 Å². The van der Waals surface area contributed by atoms with Crippen molar-refractivity contribution in [1.29, 1.82) is 0 Å². The molecule has 7 heteroatoms. The molecule has 0 aliphatic carbocycles. The van der Waals surface area contributed by atoms with Crippen molar-refractivity contribution in [2.45, 2.75) is 37.8 Å². The third-order valence-corrected chi connectivity index (χ3v) is 6.05. The monoisotopic (exact) mass is 307 g/mol. The SMILES string of the molecule is CCC(C)N(CCOC)S(=O)(=O)c1csc(CO)c1. The van der Waals surface area contributed by atoms with Crippen molar-refractivity contribution in [3.8, 4) is 0 Å². The third-order valence-electron chi connectivity index (χ3n) is 2.99. The molecule has 1 N–H and O–H groups in total. The number of thiophene rings is 1. The molecule has 1 atom stereocenters. The van der Waals surface area contributed by atoms with Crippen molar-refractivity contribution >= 4 is 21.4 Å². The van der Waals surface area contributed by atoms with Gasteiger partial charge in [-0.2, -0.15) is 4.31 Å². The van der Waals surface area contributed by atoms with E-state index >= 15 is 0 Å². The van der Waals surface area contributed by atoms with Crippen LogP contribution < -0.4 is 0 Å². The number of aliphatic hydroxyl groups excluding tert-OH is 1. The summed E-state index contributed by atoms with van der Waals surface area (Å²) in [5.41, 5.74) is 0. The molecular weight excluding hydrogens is 286 g/mol. The maximum Gasteiger partial charge on any atom is 0.244 e. The third kappa shape index (κ3) is 4.00. The summed E-state index contributed by atoms with van der Waals surface area (Å²) < 4.78 is 31.6. The lowest BCUT2D eigenvalue weighted by Gasteiger charge is -2.26. The summed E-state index contributed by atoms with van der Waals surface area (Å²) in [7, 11) is -1.97. The van der Waals surface area contributed by atoms with Gasteiger partial charge in [0.25, 0.3) is 0 Å². The van der Waals surface area contributed by atoms with Crippen LogP contribution in [0.5, 0.6) is 0 Å². The van der Waals surface area contributed by atoms with Gasteiger partial charge in [0.2, 0.25) is 10.0 Å². The Morgan fingerprint density at radius 1 is 1.53 bits per heavy atom. The number of rotatable bonds is 8. The fourth-order valence-corrected chi connectivity index (χ4v) is 4.49. The molecule has 0 aromatic carbocycles. The zero-order chi connectivity index (χ0) is 14.5. The number of hydrogen-bond acceptors (Lipinski definition) is 5. The Morgan fingerprint density at radius 2 is 2.21 bits per heavy atom. The predicted octanol–water partition coefficient (Wildman–Crippen LogP) is 1.68. The zero-order valence-electron chi connectivity index (χ0n) is 11.5. The molecule has 0 amide bonds. The molecule has 1 unspecified atom stereocenters. The fraction of sp³-hybridized carbons (Fsp3) is 0.667.